The van der Waals surface area contributed by atoms with Crippen LogP contribution < -0.4 is 14.8 Å². The summed E-state index contributed by atoms with van der Waals surface area (Å²) in [6.07, 6.45) is 4.17. The van der Waals surface area contributed by atoms with Gasteiger partial charge in [-0.15, -0.1) is 0 Å². The fraction of sp³-hybridized carbons (Fsp3) is 0.500. The molecule has 1 unspecified atom stereocenters. The summed E-state index contributed by atoms with van der Waals surface area (Å²) < 4.78 is 11.3. The van der Waals surface area contributed by atoms with E-state index in [0.29, 0.717) is 18.9 Å². The van der Waals surface area contributed by atoms with Gasteiger partial charge in [0.1, 0.15) is 13.2 Å². The molecule has 2 aromatic rings. The Hall–Kier alpha value is -2.50. The van der Waals surface area contributed by atoms with Crippen molar-refractivity contribution in [3.8, 4) is 11.5 Å². The van der Waals surface area contributed by atoms with Gasteiger partial charge in [-0.05, 0) is 49.3 Å². The zero-order valence-electron chi connectivity index (χ0n) is 15.3. The summed E-state index contributed by atoms with van der Waals surface area (Å²) in [5, 5.41) is 10.5. The lowest BCUT2D eigenvalue weighted by molar-refractivity contribution is 0.0919. The Labute approximate surface area is 153 Å². The van der Waals surface area contributed by atoms with Crippen molar-refractivity contribution in [2.75, 3.05) is 13.2 Å². The molecule has 1 aliphatic heterocycles. The van der Waals surface area contributed by atoms with E-state index < -0.39 is 0 Å². The summed E-state index contributed by atoms with van der Waals surface area (Å²) in [5.41, 5.74) is 3.75. The van der Waals surface area contributed by atoms with Crippen molar-refractivity contribution in [1.82, 2.24) is 15.5 Å². The minimum atomic E-state index is -0.116. The van der Waals surface area contributed by atoms with E-state index in [-0.39, 0.29) is 17.9 Å². The number of nitrogens with one attached hydrogen (secondary N) is 2. The van der Waals surface area contributed by atoms with Crippen LogP contribution in [-0.4, -0.2) is 29.3 Å². The molecule has 4 rings (SSSR count). The number of carbonyl (C=O) groups excluding carboxylic acids is 1. The molecule has 1 aromatic heterocycles. The van der Waals surface area contributed by atoms with Crippen LogP contribution in [0.3, 0.4) is 0 Å². The van der Waals surface area contributed by atoms with Crippen LogP contribution >= 0.6 is 0 Å². The summed E-state index contributed by atoms with van der Waals surface area (Å²) in [7, 11) is 0. The molecule has 0 spiro atoms. The highest BCUT2D eigenvalue weighted by molar-refractivity contribution is 5.94. The number of nitrogens with zero attached hydrogens (tertiary/aromatic N) is 1. The molecular formula is C20H25N3O3. The Balaban J connectivity index is 1.57. The molecule has 1 aromatic carbocycles. The van der Waals surface area contributed by atoms with Gasteiger partial charge in [0.25, 0.3) is 5.91 Å². The smallest absolute Gasteiger partial charge is 0.272 e. The Morgan fingerprint density at radius 3 is 2.73 bits per heavy atom. The highest BCUT2D eigenvalue weighted by atomic mass is 16.6. The third kappa shape index (κ3) is 3.16. The third-order valence-corrected chi connectivity index (χ3v) is 5.15. The maximum Gasteiger partial charge on any atom is 0.272 e. The van der Waals surface area contributed by atoms with E-state index >= 15 is 0 Å². The Morgan fingerprint density at radius 1 is 1.15 bits per heavy atom. The van der Waals surface area contributed by atoms with Crippen LogP contribution in [0.4, 0.5) is 0 Å². The predicted octanol–water partition coefficient (Wildman–Crippen LogP) is 3.19. The molecule has 6 heteroatoms. The number of H-pyrrole nitrogens is 1. The number of hydrogen-bond donors (Lipinski definition) is 2. The zero-order chi connectivity index (χ0) is 18.1. The van der Waals surface area contributed by atoms with E-state index in [2.05, 4.69) is 29.4 Å². The zero-order valence-corrected chi connectivity index (χ0v) is 15.3. The highest BCUT2D eigenvalue weighted by Crippen LogP contribution is 2.34. The number of hydrogen-bond acceptors (Lipinski definition) is 4. The molecule has 1 aliphatic carbocycles. The van der Waals surface area contributed by atoms with Gasteiger partial charge in [0, 0.05) is 11.3 Å². The minimum Gasteiger partial charge on any atom is -0.486 e. The topological polar surface area (TPSA) is 76.2 Å². The Bertz CT molecular complexity index is 813. The summed E-state index contributed by atoms with van der Waals surface area (Å²) in [5.74, 6) is 1.62. The van der Waals surface area contributed by atoms with Crippen molar-refractivity contribution in [2.24, 2.45) is 5.92 Å². The normalized spacial score (nSPS) is 16.9. The molecule has 26 heavy (non-hydrogen) atoms. The number of aromatic nitrogens is 2. The second kappa shape index (κ2) is 7.02. The van der Waals surface area contributed by atoms with Crippen molar-refractivity contribution in [3.63, 3.8) is 0 Å². The van der Waals surface area contributed by atoms with E-state index in [4.69, 9.17) is 9.47 Å². The highest BCUT2D eigenvalue weighted by Gasteiger charge is 2.26. The maximum atomic E-state index is 12.9. The molecular weight excluding hydrogens is 330 g/mol. The first-order chi connectivity index (χ1) is 12.6. The van der Waals surface area contributed by atoms with Gasteiger partial charge in [0.05, 0.1) is 6.04 Å². The fourth-order valence-electron chi connectivity index (χ4n) is 3.77. The summed E-state index contributed by atoms with van der Waals surface area (Å²) in [4.78, 5) is 12.9. The minimum absolute atomic E-state index is 0.113. The van der Waals surface area contributed by atoms with Gasteiger partial charge in [-0.25, -0.2) is 0 Å². The molecule has 2 heterocycles. The predicted molar refractivity (Wildman–Crippen MR) is 97.7 cm³/mol. The molecule has 138 valence electrons. The van der Waals surface area contributed by atoms with Crippen LogP contribution in [0.1, 0.15) is 60.0 Å². The van der Waals surface area contributed by atoms with Crippen LogP contribution in [0.5, 0.6) is 11.5 Å². The van der Waals surface area contributed by atoms with Crippen molar-refractivity contribution in [3.05, 3.63) is 40.7 Å². The first-order valence-corrected chi connectivity index (χ1v) is 9.40. The van der Waals surface area contributed by atoms with Gasteiger partial charge in [-0.3, -0.25) is 9.89 Å². The van der Waals surface area contributed by atoms with Gasteiger partial charge in [-0.1, -0.05) is 19.9 Å². The average Bonchev–Trinajstić information content (AvgIpc) is 3.09. The second-order valence-electron chi connectivity index (χ2n) is 7.33. The molecule has 0 saturated heterocycles. The van der Waals surface area contributed by atoms with Crippen LogP contribution in [-0.2, 0) is 12.8 Å². The van der Waals surface area contributed by atoms with E-state index in [1.165, 1.54) is 0 Å². The Morgan fingerprint density at radius 2 is 1.92 bits per heavy atom. The van der Waals surface area contributed by atoms with Gasteiger partial charge < -0.3 is 14.8 Å². The first kappa shape index (κ1) is 16.9. The van der Waals surface area contributed by atoms with Crippen LogP contribution in [0, 0.1) is 5.92 Å². The van der Waals surface area contributed by atoms with E-state index in [1.807, 2.05) is 18.2 Å². The van der Waals surface area contributed by atoms with Gasteiger partial charge in [0.15, 0.2) is 17.2 Å². The largest absolute Gasteiger partial charge is 0.486 e. The molecule has 0 bridgehead atoms. The van der Waals surface area contributed by atoms with Gasteiger partial charge >= 0.3 is 0 Å². The Kier molecular flexibility index (Phi) is 4.57. The maximum absolute atomic E-state index is 12.9. The second-order valence-corrected chi connectivity index (χ2v) is 7.33. The number of fused-ring (bicyclic) bond motifs is 2. The van der Waals surface area contributed by atoms with Crippen molar-refractivity contribution < 1.29 is 14.3 Å². The monoisotopic (exact) mass is 355 g/mol. The van der Waals surface area contributed by atoms with Crippen molar-refractivity contribution in [1.29, 1.82) is 0 Å². The number of amides is 1. The van der Waals surface area contributed by atoms with Crippen LogP contribution in [0.2, 0.25) is 0 Å². The lowest BCUT2D eigenvalue weighted by Gasteiger charge is -2.25. The van der Waals surface area contributed by atoms with Crippen LogP contribution in [0.15, 0.2) is 18.2 Å². The number of ether oxygens (including phenoxy) is 2. The quantitative estimate of drug-likeness (QED) is 0.883. The van der Waals surface area contributed by atoms with Crippen LogP contribution in [0.25, 0.3) is 0 Å². The number of aryl methyl sites for hydroxylation is 1. The third-order valence-electron chi connectivity index (χ3n) is 5.15. The number of benzene rings is 1. The van der Waals surface area contributed by atoms with Gasteiger partial charge in [-0.2, -0.15) is 5.10 Å². The number of rotatable bonds is 4. The molecule has 1 amide bonds. The number of aromatic amines is 1. The van der Waals surface area contributed by atoms with Gasteiger partial charge in [0.2, 0.25) is 0 Å². The first-order valence-electron chi connectivity index (χ1n) is 9.40. The average molecular weight is 355 g/mol. The standard InChI is InChI=1S/C20H25N3O3/c1-12(2)18(13-7-8-16-17(11-13)26-10-9-25-16)21-20(24)19-14-5-3-4-6-15(14)22-23-19/h7-8,11-12,18H,3-6,9-10H2,1-2H3,(H,21,24)(H,22,23). The SMILES string of the molecule is CC(C)C(NC(=O)c1n[nH]c2c1CCCC2)c1ccc2c(c1)OCCO2. The lowest BCUT2D eigenvalue weighted by atomic mass is 9.93. The van der Waals surface area contributed by atoms with E-state index in [0.717, 1.165) is 54.0 Å². The summed E-state index contributed by atoms with van der Waals surface area (Å²) in [6.45, 7) is 5.32. The number of carbonyl (C=O) groups is 1. The molecule has 0 fully saturated rings. The molecule has 0 radical (unpaired) electrons. The van der Waals surface area contributed by atoms with Crippen molar-refractivity contribution >= 4 is 5.91 Å². The van der Waals surface area contributed by atoms with E-state index in [9.17, 15) is 4.79 Å². The van der Waals surface area contributed by atoms with Crippen molar-refractivity contribution in [2.45, 2.75) is 45.6 Å². The molecule has 2 aliphatic rings. The molecule has 1 atom stereocenters. The molecule has 6 nitrogen and oxygen atoms in total. The summed E-state index contributed by atoms with van der Waals surface area (Å²) >= 11 is 0. The van der Waals surface area contributed by atoms with E-state index in [1.54, 1.807) is 0 Å². The lowest BCUT2D eigenvalue weighted by Crippen LogP contribution is -2.32. The molecule has 0 saturated carbocycles. The molecule has 2 N–H and O–H groups in total. The summed E-state index contributed by atoms with van der Waals surface area (Å²) in [6, 6.07) is 5.77. The fourth-order valence-corrected chi connectivity index (χ4v) is 3.77.